The lowest BCUT2D eigenvalue weighted by Gasteiger charge is -2.28. The minimum Gasteiger partial charge on any atom is -0.319 e. The number of hydrogen-bond donors (Lipinski definition) is 0. The largest absolute Gasteiger partial charge is 0.325 e. The van der Waals surface area contributed by atoms with E-state index < -0.39 is 5.82 Å². The van der Waals surface area contributed by atoms with Crippen molar-refractivity contribution in [2.45, 2.75) is 44.7 Å². The molecule has 1 saturated carbocycles. The fourth-order valence-corrected chi connectivity index (χ4v) is 4.69. The molecule has 1 aliphatic carbocycles. The van der Waals surface area contributed by atoms with Crippen molar-refractivity contribution in [2.75, 3.05) is 11.4 Å². The zero-order chi connectivity index (χ0) is 19.1. The van der Waals surface area contributed by atoms with Gasteiger partial charge in [-0.25, -0.2) is 13.6 Å². The predicted molar refractivity (Wildman–Crippen MR) is 102 cm³/mol. The topological polar surface area (TPSA) is 23.6 Å². The number of anilines is 1. The molecule has 0 radical (unpaired) electrons. The van der Waals surface area contributed by atoms with Crippen LogP contribution in [0.5, 0.6) is 0 Å². The molecule has 0 N–H and O–H groups in total. The summed E-state index contributed by atoms with van der Waals surface area (Å²) in [4.78, 5) is 16.7. The van der Waals surface area contributed by atoms with Crippen molar-refractivity contribution in [2.24, 2.45) is 5.92 Å². The van der Waals surface area contributed by atoms with Gasteiger partial charge < -0.3 is 4.90 Å². The van der Waals surface area contributed by atoms with Gasteiger partial charge in [0.15, 0.2) is 0 Å². The first-order valence-corrected chi connectivity index (χ1v) is 9.58. The van der Waals surface area contributed by atoms with E-state index in [0.717, 1.165) is 12.8 Å². The Kier molecular flexibility index (Phi) is 4.62. The molecule has 0 aromatic heterocycles. The number of urea groups is 1. The molecule has 0 spiro atoms. The number of rotatable bonds is 4. The van der Waals surface area contributed by atoms with E-state index in [-0.39, 0.29) is 35.5 Å². The van der Waals surface area contributed by atoms with Gasteiger partial charge in [0.2, 0.25) is 0 Å². The quantitative estimate of drug-likeness (QED) is 0.728. The van der Waals surface area contributed by atoms with Crippen molar-refractivity contribution < 1.29 is 13.6 Å². The molecule has 1 saturated heterocycles. The van der Waals surface area contributed by atoms with Gasteiger partial charge in [-0.15, -0.1) is 0 Å². The molecule has 2 aliphatic rings. The highest BCUT2D eigenvalue weighted by Crippen LogP contribution is 2.47. The second-order valence-corrected chi connectivity index (χ2v) is 7.91. The molecule has 5 heteroatoms. The van der Waals surface area contributed by atoms with Gasteiger partial charge in [-0.05, 0) is 42.5 Å². The molecule has 2 amide bonds. The molecule has 2 aromatic rings. The minimum absolute atomic E-state index is 0.0240. The van der Waals surface area contributed by atoms with Crippen molar-refractivity contribution in [1.29, 1.82) is 0 Å². The van der Waals surface area contributed by atoms with E-state index in [2.05, 4.69) is 13.8 Å². The third-order valence-electron chi connectivity index (χ3n) is 5.71. The molecule has 27 heavy (non-hydrogen) atoms. The summed E-state index contributed by atoms with van der Waals surface area (Å²) in [5.41, 5.74) is 0.900. The van der Waals surface area contributed by atoms with Crippen LogP contribution >= 0.6 is 0 Å². The number of carbonyl (C=O) groups is 1. The number of benzene rings is 2. The van der Waals surface area contributed by atoms with Gasteiger partial charge in [-0.2, -0.15) is 0 Å². The molecule has 142 valence electrons. The summed E-state index contributed by atoms with van der Waals surface area (Å²) in [6, 6.07) is 12.6. The lowest BCUT2D eigenvalue weighted by Crippen LogP contribution is -2.38. The maximum atomic E-state index is 14.6. The van der Waals surface area contributed by atoms with Crippen LogP contribution < -0.4 is 4.90 Å². The maximum absolute atomic E-state index is 14.6. The summed E-state index contributed by atoms with van der Waals surface area (Å²) >= 11 is 0. The van der Waals surface area contributed by atoms with Crippen molar-refractivity contribution in [3.63, 3.8) is 0 Å². The molecule has 0 bridgehead atoms. The Morgan fingerprint density at radius 1 is 1.00 bits per heavy atom. The molecule has 2 aromatic carbocycles. The van der Waals surface area contributed by atoms with Crippen LogP contribution in [0.25, 0.3) is 0 Å². The van der Waals surface area contributed by atoms with Gasteiger partial charge in [-0.3, -0.25) is 4.90 Å². The molecule has 1 aliphatic heterocycles. The lowest BCUT2D eigenvalue weighted by atomic mass is 9.92. The van der Waals surface area contributed by atoms with Crippen LogP contribution in [0.4, 0.5) is 19.3 Å². The maximum Gasteiger partial charge on any atom is 0.325 e. The first-order valence-electron chi connectivity index (χ1n) is 9.58. The van der Waals surface area contributed by atoms with Gasteiger partial charge in [-0.1, -0.05) is 44.2 Å². The van der Waals surface area contributed by atoms with Crippen molar-refractivity contribution in [1.82, 2.24) is 4.90 Å². The molecule has 3 atom stereocenters. The van der Waals surface area contributed by atoms with Crippen LogP contribution in [-0.4, -0.2) is 29.6 Å². The standard InChI is InChI=1S/C22H24F2N2O/c1-14(2)13-25-20-12-11-16(15-7-3-4-8-17(15)23)21(20)26(22(25)27)19-10-6-5-9-18(19)24/h3-10,14,16,20-21H,11-13H2,1-2H3/t16-,20-,21+/m0/s1. The number of fused-ring (bicyclic) bond motifs is 1. The number of nitrogens with zero attached hydrogens (tertiary/aromatic N) is 2. The van der Waals surface area contributed by atoms with Gasteiger partial charge in [0, 0.05) is 12.5 Å². The summed E-state index contributed by atoms with van der Waals surface area (Å²) < 4.78 is 29.1. The van der Waals surface area contributed by atoms with Crippen molar-refractivity contribution >= 4 is 11.7 Å². The Labute approximate surface area is 158 Å². The Morgan fingerprint density at radius 2 is 1.67 bits per heavy atom. The number of hydrogen-bond acceptors (Lipinski definition) is 1. The second kappa shape index (κ2) is 6.95. The van der Waals surface area contributed by atoms with Crippen molar-refractivity contribution in [3.8, 4) is 0 Å². The summed E-state index contributed by atoms with van der Waals surface area (Å²) in [7, 11) is 0. The van der Waals surface area contributed by atoms with E-state index in [4.69, 9.17) is 0 Å². The zero-order valence-electron chi connectivity index (χ0n) is 15.6. The molecule has 2 fully saturated rings. The van der Waals surface area contributed by atoms with Crippen LogP contribution in [0, 0.1) is 17.6 Å². The molecule has 3 nitrogen and oxygen atoms in total. The van der Waals surface area contributed by atoms with Gasteiger partial charge >= 0.3 is 6.03 Å². The van der Waals surface area contributed by atoms with E-state index >= 15 is 0 Å². The van der Waals surface area contributed by atoms with Crippen LogP contribution in [0.2, 0.25) is 0 Å². The van der Waals surface area contributed by atoms with E-state index in [0.29, 0.717) is 18.0 Å². The highest BCUT2D eigenvalue weighted by molar-refractivity contribution is 5.96. The number of carbonyl (C=O) groups excluding carboxylic acids is 1. The summed E-state index contributed by atoms with van der Waals surface area (Å²) in [6.07, 6.45) is 1.58. The van der Waals surface area contributed by atoms with Gasteiger partial charge in [0.25, 0.3) is 0 Å². The average molecular weight is 370 g/mol. The van der Waals surface area contributed by atoms with Crippen molar-refractivity contribution in [3.05, 3.63) is 65.7 Å². The smallest absolute Gasteiger partial charge is 0.319 e. The predicted octanol–water partition coefficient (Wildman–Crippen LogP) is 5.18. The summed E-state index contributed by atoms with van der Waals surface area (Å²) in [5.74, 6) is -0.513. The molecule has 1 heterocycles. The Bertz CT molecular complexity index is 854. The number of para-hydroxylation sites is 1. The Balaban J connectivity index is 1.80. The third-order valence-corrected chi connectivity index (χ3v) is 5.71. The zero-order valence-corrected chi connectivity index (χ0v) is 15.6. The normalized spacial score (nSPS) is 24.8. The Hall–Kier alpha value is -2.43. The SMILES string of the molecule is CC(C)CN1C(=O)N(c2ccccc2F)[C@@H]2[C@H](c3ccccc3F)CC[C@@H]21. The van der Waals surface area contributed by atoms with Crippen LogP contribution in [0.3, 0.4) is 0 Å². The highest BCUT2D eigenvalue weighted by Gasteiger charge is 2.54. The molecule has 4 rings (SSSR count). The van der Waals surface area contributed by atoms with E-state index in [1.807, 2.05) is 11.0 Å². The summed E-state index contributed by atoms with van der Waals surface area (Å²) in [5, 5.41) is 0. The molecule has 0 unspecified atom stereocenters. The fourth-order valence-electron chi connectivity index (χ4n) is 4.69. The van der Waals surface area contributed by atoms with Crippen LogP contribution in [0.15, 0.2) is 48.5 Å². The summed E-state index contributed by atoms with van der Waals surface area (Å²) in [6.45, 7) is 4.75. The molecular weight excluding hydrogens is 346 g/mol. The minimum atomic E-state index is -0.421. The van der Waals surface area contributed by atoms with Crippen LogP contribution in [-0.2, 0) is 0 Å². The monoisotopic (exact) mass is 370 g/mol. The Morgan fingerprint density at radius 3 is 2.33 bits per heavy atom. The van der Waals surface area contributed by atoms with E-state index in [9.17, 15) is 13.6 Å². The van der Waals surface area contributed by atoms with E-state index in [1.165, 1.54) is 12.1 Å². The number of halogens is 2. The van der Waals surface area contributed by atoms with E-state index in [1.54, 1.807) is 35.2 Å². The fraction of sp³-hybridized carbons (Fsp3) is 0.409. The van der Waals surface area contributed by atoms with Crippen LogP contribution in [0.1, 0.15) is 38.2 Å². The second-order valence-electron chi connectivity index (χ2n) is 7.91. The first-order chi connectivity index (χ1) is 13.0. The third kappa shape index (κ3) is 2.99. The first kappa shape index (κ1) is 18.0. The molecular formula is C22H24F2N2O. The lowest BCUT2D eigenvalue weighted by molar-refractivity contribution is 0.195. The van der Waals surface area contributed by atoms with Gasteiger partial charge in [0.05, 0.1) is 17.8 Å². The highest BCUT2D eigenvalue weighted by atomic mass is 19.1. The number of amides is 2. The average Bonchev–Trinajstić information content (AvgIpc) is 3.16. The van der Waals surface area contributed by atoms with Gasteiger partial charge in [0.1, 0.15) is 11.6 Å².